The summed E-state index contributed by atoms with van der Waals surface area (Å²) in [5.74, 6) is 2.13. The molecule has 3 N–H and O–H groups in total. The fourth-order valence-corrected chi connectivity index (χ4v) is 4.51. The number of ether oxygens (including phenoxy) is 1. The molecule has 1 saturated carbocycles. The second-order valence-corrected chi connectivity index (χ2v) is 12.5. The van der Waals surface area contributed by atoms with E-state index in [0.717, 1.165) is 12.0 Å². The number of amides is 3. The van der Waals surface area contributed by atoms with E-state index in [0.29, 0.717) is 11.1 Å². The maximum atomic E-state index is 14.4. The minimum atomic E-state index is -1.03. The molecule has 2 aromatic carbocycles. The number of terminal acetylenes is 1. The van der Waals surface area contributed by atoms with Gasteiger partial charge in [0.15, 0.2) is 0 Å². The first-order valence-electron chi connectivity index (χ1n) is 13.6. The number of rotatable bonds is 8. The van der Waals surface area contributed by atoms with Gasteiger partial charge in [0.2, 0.25) is 11.8 Å². The Hall–Kier alpha value is -3.99. The fraction of sp³-hybridized carbons (Fsp3) is 0.469. The molecule has 8 heteroatoms. The SMILES string of the molecule is C#Cc1ccc(C(C(=O)NC(C)(C)C)N(C(=O)C(Cc2ccc(O)cc2)NC(=O)OC(C)(C)C)C2CC2C)cc1. The first kappa shape index (κ1) is 30.6. The quantitative estimate of drug-likeness (QED) is 0.415. The number of nitrogens with one attached hydrogen (secondary N) is 2. The number of benzene rings is 2. The average molecular weight is 548 g/mol. The average Bonchev–Trinajstić information content (AvgIpc) is 3.56. The van der Waals surface area contributed by atoms with E-state index in [2.05, 4.69) is 16.6 Å². The molecule has 8 nitrogen and oxygen atoms in total. The molecule has 0 aliphatic heterocycles. The van der Waals surface area contributed by atoms with Crippen LogP contribution in [0.2, 0.25) is 0 Å². The standard InChI is InChI=1S/C32H41N3O5/c1-9-21-10-14-23(15-11-21)27(28(37)34-31(3,4)5)35(26-18-20(26)2)29(38)25(33-30(39)40-32(6,7)8)19-22-12-16-24(36)17-13-22/h1,10-17,20,25-27,36H,18-19H2,2-8H3,(H,33,39)(H,34,37). The summed E-state index contributed by atoms with van der Waals surface area (Å²) in [7, 11) is 0. The van der Waals surface area contributed by atoms with Gasteiger partial charge in [-0.25, -0.2) is 4.79 Å². The van der Waals surface area contributed by atoms with Gasteiger partial charge in [-0.1, -0.05) is 37.1 Å². The topological polar surface area (TPSA) is 108 Å². The van der Waals surface area contributed by atoms with Crippen LogP contribution >= 0.6 is 0 Å². The highest BCUT2D eigenvalue weighted by atomic mass is 16.6. The van der Waals surface area contributed by atoms with E-state index in [1.807, 2.05) is 27.7 Å². The number of hydrogen-bond donors (Lipinski definition) is 3. The van der Waals surface area contributed by atoms with Crippen molar-refractivity contribution in [3.8, 4) is 18.1 Å². The van der Waals surface area contributed by atoms with Crippen LogP contribution < -0.4 is 10.6 Å². The van der Waals surface area contributed by atoms with E-state index < -0.39 is 35.2 Å². The summed E-state index contributed by atoms with van der Waals surface area (Å²) in [5.41, 5.74) is 0.694. The zero-order valence-electron chi connectivity index (χ0n) is 24.4. The monoisotopic (exact) mass is 547 g/mol. The van der Waals surface area contributed by atoms with Gasteiger partial charge in [0.1, 0.15) is 23.4 Å². The molecule has 0 radical (unpaired) electrons. The van der Waals surface area contributed by atoms with Crippen LogP contribution in [0.3, 0.4) is 0 Å². The lowest BCUT2D eigenvalue weighted by atomic mass is 9.98. The Labute approximate surface area is 237 Å². The van der Waals surface area contributed by atoms with E-state index in [1.54, 1.807) is 62.1 Å². The lowest BCUT2D eigenvalue weighted by Crippen LogP contribution is -2.56. The van der Waals surface area contributed by atoms with E-state index in [4.69, 9.17) is 11.2 Å². The Kier molecular flexibility index (Phi) is 9.19. The molecule has 40 heavy (non-hydrogen) atoms. The summed E-state index contributed by atoms with van der Waals surface area (Å²) in [4.78, 5) is 42.8. The summed E-state index contributed by atoms with van der Waals surface area (Å²) in [6.45, 7) is 12.9. The van der Waals surface area contributed by atoms with Gasteiger partial charge in [0.05, 0.1) is 0 Å². The number of hydrogen-bond acceptors (Lipinski definition) is 5. The molecule has 0 bridgehead atoms. The number of alkyl carbamates (subject to hydrolysis) is 1. The number of carbonyl (C=O) groups is 3. The van der Waals surface area contributed by atoms with Crippen LogP contribution in [-0.2, 0) is 20.7 Å². The van der Waals surface area contributed by atoms with Crippen LogP contribution in [0.15, 0.2) is 48.5 Å². The van der Waals surface area contributed by atoms with Crippen molar-refractivity contribution in [2.75, 3.05) is 0 Å². The first-order chi connectivity index (χ1) is 18.6. The van der Waals surface area contributed by atoms with Crippen molar-refractivity contribution >= 4 is 17.9 Å². The molecule has 1 fully saturated rings. The van der Waals surface area contributed by atoms with Crippen molar-refractivity contribution in [1.82, 2.24) is 15.5 Å². The van der Waals surface area contributed by atoms with Gasteiger partial charge < -0.3 is 25.4 Å². The van der Waals surface area contributed by atoms with Gasteiger partial charge in [0, 0.05) is 23.6 Å². The van der Waals surface area contributed by atoms with Gasteiger partial charge in [-0.05, 0) is 89.3 Å². The van der Waals surface area contributed by atoms with Crippen molar-refractivity contribution < 1.29 is 24.2 Å². The third-order valence-corrected chi connectivity index (χ3v) is 6.46. The zero-order chi connectivity index (χ0) is 29.8. The van der Waals surface area contributed by atoms with Crippen molar-refractivity contribution in [2.24, 2.45) is 5.92 Å². The van der Waals surface area contributed by atoms with Crippen molar-refractivity contribution in [1.29, 1.82) is 0 Å². The Bertz CT molecular complexity index is 1250. The van der Waals surface area contributed by atoms with Crippen molar-refractivity contribution in [2.45, 2.75) is 90.6 Å². The largest absolute Gasteiger partial charge is 0.508 e. The molecular formula is C32H41N3O5. The molecule has 0 saturated heterocycles. The Morgan fingerprint density at radius 1 is 1.05 bits per heavy atom. The smallest absolute Gasteiger partial charge is 0.408 e. The summed E-state index contributed by atoms with van der Waals surface area (Å²) < 4.78 is 5.48. The Morgan fingerprint density at radius 2 is 1.62 bits per heavy atom. The maximum Gasteiger partial charge on any atom is 0.408 e. The third kappa shape index (κ3) is 8.51. The molecule has 214 valence electrons. The molecule has 0 spiro atoms. The highest BCUT2D eigenvalue weighted by Gasteiger charge is 2.48. The highest BCUT2D eigenvalue weighted by Crippen LogP contribution is 2.41. The lowest BCUT2D eigenvalue weighted by Gasteiger charge is -2.36. The zero-order valence-corrected chi connectivity index (χ0v) is 24.4. The summed E-state index contributed by atoms with van der Waals surface area (Å²) >= 11 is 0. The third-order valence-electron chi connectivity index (χ3n) is 6.46. The lowest BCUT2D eigenvalue weighted by molar-refractivity contribution is -0.144. The van der Waals surface area contributed by atoms with Crippen LogP contribution in [0.1, 0.15) is 77.6 Å². The van der Waals surface area contributed by atoms with Gasteiger partial charge >= 0.3 is 6.09 Å². The predicted molar refractivity (Wildman–Crippen MR) is 154 cm³/mol. The van der Waals surface area contributed by atoms with E-state index in [-0.39, 0.29) is 30.0 Å². The number of phenols is 1. The van der Waals surface area contributed by atoms with Crippen LogP contribution in [0.25, 0.3) is 0 Å². The van der Waals surface area contributed by atoms with E-state index in [1.165, 1.54) is 12.1 Å². The minimum Gasteiger partial charge on any atom is -0.508 e. The maximum absolute atomic E-state index is 14.4. The minimum absolute atomic E-state index is 0.0921. The van der Waals surface area contributed by atoms with E-state index >= 15 is 0 Å². The molecule has 4 unspecified atom stereocenters. The second kappa shape index (κ2) is 12.0. The Morgan fingerprint density at radius 3 is 2.10 bits per heavy atom. The highest BCUT2D eigenvalue weighted by molar-refractivity contribution is 5.93. The molecule has 4 atom stereocenters. The van der Waals surface area contributed by atoms with Crippen molar-refractivity contribution in [3.05, 3.63) is 65.2 Å². The summed E-state index contributed by atoms with van der Waals surface area (Å²) in [6.07, 6.45) is 5.69. The van der Waals surface area contributed by atoms with Crippen LogP contribution in [0.5, 0.6) is 5.75 Å². The van der Waals surface area contributed by atoms with Gasteiger partial charge in [-0.2, -0.15) is 0 Å². The molecule has 0 heterocycles. The number of carbonyl (C=O) groups excluding carboxylic acids is 3. The van der Waals surface area contributed by atoms with Gasteiger partial charge in [-0.3, -0.25) is 9.59 Å². The molecule has 0 aromatic heterocycles. The molecular weight excluding hydrogens is 506 g/mol. The van der Waals surface area contributed by atoms with Crippen LogP contribution in [0, 0.1) is 18.3 Å². The number of aromatic hydroxyl groups is 1. The van der Waals surface area contributed by atoms with Crippen LogP contribution in [-0.4, -0.2) is 51.1 Å². The number of phenolic OH excluding ortho intramolecular Hbond substituents is 1. The van der Waals surface area contributed by atoms with Crippen LogP contribution in [0.4, 0.5) is 4.79 Å². The Balaban J connectivity index is 2.06. The van der Waals surface area contributed by atoms with Gasteiger partial charge in [-0.15, -0.1) is 6.42 Å². The molecule has 2 aromatic rings. The predicted octanol–water partition coefficient (Wildman–Crippen LogP) is 4.70. The second-order valence-electron chi connectivity index (χ2n) is 12.5. The summed E-state index contributed by atoms with van der Waals surface area (Å²) in [6, 6.07) is 11.3. The summed E-state index contributed by atoms with van der Waals surface area (Å²) in [5, 5.41) is 15.5. The molecule has 3 amide bonds. The molecule has 1 aliphatic carbocycles. The van der Waals surface area contributed by atoms with E-state index in [9.17, 15) is 19.5 Å². The fourth-order valence-electron chi connectivity index (χ4n) is 4.51. The molecule has 3 rings (SSSR count). The van der Waals surface area contributed by atoms with Gasteiger partial charge in [0.25, 0.3) is 0 Å². The normalized spacial score (nSPS) is 18.1. The number of nitrogens with zero attached hydrogens (tertiary/aromatic N) is 1. The van der Waals surface area contributed by atoms with Crippen molar-refractivity contribution in [3.63, 3.8) is 0 Å². The first-order valence-corrected chi connectivity index (χ1v) is 13.6. The molecule has 1 aliphatic rings.